The van der Waals surface area contributed by atoms with Crippen LogP contribution in [0.3, 0.4) is 0 Å². The third kappa shape index (κ3) is 4.73. The minimum atomic E-state index is 0.591. The number of nitrogens with two attached hydrogens (primary N) is 2. The molecule has 6 nitrogen and oxygen atoms in total. The molecule has 4 N–H and O–H groups in total. The summed E-state index contributed by atoms with van der Waals surface area (Å²) < 4.78 is 11.5. The van der Waals surface area contributed by atoms with E-state index < -0.39 is 0 Å². The van der Waals surface area contributed by atoms with Gasteiger partial charge in [0.1, 0.15) is 5.58 Å². The molecular formula is C50H35N5O. The van der Waals surface area contributed by atoms with E-state index in [0.29, 0.717) is 5.70 Å². The van der Waals surface area contributed by atoms with Crippen LogP contribution in [-0.2, 0) is 0 Å². The van der Waals surface area contributed by atoms with Gasteiger partial charge in [0.25, 0.3) is 0 Å². The molecule has 8 aromatic carbocycles. The Balaban J connectivity index is 1.19. The molecule has 0 fully saturated rings. The number of anilines is 1. The Hall–Kier alpha value is -7.54. The summed E-state index contributed by atoms with van der Waals surface area (Å²) in [6.45, 7) is 0. The van der Waals surface area contributed by atoms with Crippen molar-refractivity contribution < 1.29 is 4.42 Å². The van der Waals surface area contributed by atoms with E-state index in [4.69, 9.17) is 16.0 Å². The zero-order valence-electron chi connectivity index (χ0n) is 30.3. The van der Waals surface area contributed by atoms with Gasteiger partial charge in [-0.3, -0.25) is 5.01 Å². The van der Waals surface area contributed by atoms with E-state index in [-0.39, 0.29) is 0 Å². The number of nitrogens with zero attached hydrogens (tertiary/aromatic N) is 3. The standard InChI is InChI=1S/C50H35N5O/c51-47(32-15-3-1-4-16-32)48(55(52)34-17-5-2-6-18-34)33-27-30-43-40(31-33)36-20-8-10-22-41(36)53(43)44-24-12-13-25-45(44)54-42-23-11-7-19-35(42)38-28-29-39-37-21-9-14-26-46(37)56-50(39)49(38)54/h1-31H,51-52H2/b48-47-. The first-order valence-electron chi connectivity index (χ1n) is 18.8. The highest BCUT2D eigenvalue weighted by Gasteiger charge is 2.23. The summed E-state index contributed by atoms with van der Waals surface area (Å²) >= 11 is 0. The molecule has 0 radical (unpaired) electrons. The first-order valence-corrected chi connectivity index (χ1v) is 18.8. The lowest BCUT2D eigenvalue weighted by Gasteiger charge is -2.25. The Morgan fingerprint density at radius 3 is 1.75 bits per heavy atom. The normalized spacial score (nSPS) is 12.4. The molecule has 56 heavy (non-hydrogen) atoms. The molecule has 0 saturated carbocycles. The largest absolute Gasteiger partial charge is 0.454 e. The van der Waals surface area contributed by atoms with Crippen LogP contribution in [0.15, 0.2) is 192 Å². The van der Waals surface area contributed by atoms with Crippen LogP contribution in [0.2, 0.25) is 0 Å². The minimum absolute atomic E-state index is 0.591. The first kappa shape index (κ1) is 31.9. The number of aromatic nitrogens is 2. The van der Waals surface area contributed by atoms with Crippen molar-refractivity contribution >= 4 is 82.6 Å². The molecule has 0 saturated heterocycles. The number of hydrazine groups is 1. The summed E-state index contributed by atoms with van der Waals surface area (Å²) in [6, 6.07) is 65.1. The number of rotatable bonds is 6. The Bertz CT molecular complexity index is 3330. The number of fused-ring (bicyclic) bond motifs is 10. The molecule has 11 aromatic rings. The fourth-order valence-corrected chi connectivity index (χ4v) is 8.60. The summed E-state index contributed by atoms with van der Waals surface area (Å²) in [6.07, 6.45) is 0. The van der Waals surface area contributed by atoms with Crippen molar-refractivity contribution in [2.75, 3.05) is 5.01 Å². The second-order valence-electron chi connectivity index (χ2n) is 14.2. The zero-order chi connectivity index (χ0) is 37.3. The maximum absolute atomic E-state index is 7.03. The number of benzene rings is 8. The maximum Gasteiger partial charge on any atom is 0.160 e. The number of hydrogen-bond donors (Lipinski definition) is 2. The summed E-state index contributed by atoms with van der Waals surface area (Å²) in [5.41, 5.74) is 19.2. The second-order valence-corrected chi connectivity index (χ2v) is 14.2. The van der Waals surface area contributed by atoms with Crippen LogP contribution in [0.5, 0.6) is 0 Å². The number of furan rings is 1. The minimum Gasteiger partial charge on any atom is -0.454 e. The molecule has 0 aliphatic carbocycles. The molecule has 3 aromatic heterocycles. The van der Waals surface area contributed by atoms with Gasteiger partial charge in [0.05, 0.1) is 50.5 Å². The van der Waals surface area contributed by atoms with E-state index in [1.165, 1.54) is 5.39 Å². The van der Waals surface area contributed by atoms with Crippen molar-refractivity contribution in [1.82, 2.24) is 9.13 Å². The predicted molar refractivity (Wildman–Crippen MR) is 233 cm³/mol. The van der Waals surface area contributed by atoms with Crippen LogP contribution in [0.4, 0.5) is 5.69 Å². The van der Waals surface area contributed by atoms with Gasteiger partial charge >= 0.3 is 0 Å². The molecule has 0 bridgehead atoms. The van der Waals surface area contributed by atoms with Crippen molar-refractivity contribution in [3.05, 3.63) is 199 Å². The molecule has 0 atom stereocenters. The highest BCUT2D eigenvalue weighted by molar-refractivity contribution is 6.22. The summed E-state index contributed by atoms with van der Waals surface area (Å²) in [5, 5.41) is 8.44. The topological polar surface area (TPSA) is 78.3 Å². The molecule has 0 aliphatic heterocycles. The van der Waals surface area contributed by atoms with Crippen LogP contribution in [0.25, 0.3) is 88.3 Å². The maximum atomic E-state index is 7.03. The van der Waals surface area contributed by atoms with Gasteiger partial charge in [-0.1, -0.05) is 127 Å². The number of hydrogen-bond acceptors (Lipinski definition) is 4. The van der Waals surface area contributed by atoms with Gasteiger partial charge in [0, 0.05) is 37.9 Å². The summed E-state index contributed by atoms with van der Waals surface area (Å²) in [7, 11) is 0. The van der Waals surface area contributed by atoms with Gasteiger partial charge < -0.3 is 19.3 Å². The van der Waals surface area contributed by atoms with Gasteiger partial charge in [0.15, 0.2) is 5.58 Å². The zero-order valence-corrected chi connectivity index (χ0v) is 30.3. The monoisotopic (exact) mass is 721 g/mol. The fraction of sp³-hybridized carbons (Fsp3) is 0. The Morgan fingerprint density at radius 2 is 1.00 bits per heavy atom. The third-order valence-corrected chi connectivity index (χ3v) is 11.1. The van der Waals surface area contributed by atoms with E-state index in [2.05, 4.69) is 124 Å². The highest BCUT2D eigenvalue weighted by Crippen LogP contribution is 2.43. The smallest absolute Gasteiger partial charge is 0.160 e. The molecule has 0 amide bonds. The lowest BCUT2D eigenvalue weighted by Crippen LogP contribution is -2.31. The lowest BCUT2D eigenvalue weighted by molar-refractivity contribution is 0.671. The molecule has 0 spiro atoms. The fourth-order valence-electron chi connectivity index (χ4n) is 8.60. The molecule has 0 aliphatic rings. The second kappa shape index (κ2) is 12.5. The van der Waals surface area contributed by atoms with E-state index in [1.807, 2.05) is 72.8 Å². The van der Waals surface area contributed by atoms with Crippen molar-refractivity contribution in [2.24, 2.45) is 11.6 Å². The van der Waals surface area contributed by atoms with Crippen molar-refractivity contribution in [1.29, 1.82) is 0 Å². The van der Waals surface area contributed by atoms with Gasteiger partial charge in [-0.2, -0.15) is 0 Å². The van der Waals surface area contributed by atoms with Crippen LogP contribution in [-0.4, -0.2) is 9.13 Å². The Labute approximate surface area is 322 Å². The third-order valence-electron chi connectivity index (χ3n) is 11.1. The molecule has 0 unspecified atom stereocenters. The van der Waals surface area contributed by atoms with Crippen LogP contribution in [0, 0.1) is 0 Å². The molecular weight excluding hydrogens is 687 g/mol. The van der Waals surface area contributed by atoms with Crippen LogP contribution in [0.1, 0.15) is 11.1 Å². The van der Waals surface area contributed by atoms with E-state index >= 15 is 0 Å². The van der Waals surface area contributed by atoms with Gasteiger partial charge in [-0.05, 0) is 66.2 Å². The van der Waals surface area contributed by atoms with Crippen molar-refractivity contribution in [2.45, 2.75) is 0 Å². The van der Waals surface area contributed by atoms with E-state index in [9.17, 15) is 0 Å². The lowest BCUT2D eigenvalue weighted by atomic mass is 10.0. The molecule has 3 heterocycles. The summed E-state index contributed by atoms with van der Waals surface area (Å²) in [4.78, 5) is 0. The average molecular weight is 722 g/mol. The van der Waals surface area contributed by atoms with E-state index in [1.54, 1.807) is 5.01 Å². The van der Waals surface area contributed by atoms with Crippen molar-refractivity contribution in [3.8, 4) is 11.4 Å². The average Bonchev–Trinajstić information content (AvgIpc) is 3.92. The molecule has 6 heteroatoms. The van der Waals surface area contributed by atoms with Crippen LogP contribution >= 0.6 is 0 Å². The van der Waals surface area contributed by atoms with Crippen molar-refractivity contribution in [3.63, 3.8) is 0 Å². The first-order chi connectivity index (χ1) is 27.7. The quantitative estimate of drug-likeness (QED) is 0.102. The Kier molecular flexibility index (Phi) is 7.14. The van der Waals surface area contributed by atoms with Gasteiger partial charge in [0.2, 0.25) is 0 Å². The highest BCUT2D eigenvalue weighted by atomic mass is 16.3. The number of para-hydroxylation sites is 6. The SMILES string of the molecule is N/C(=C(/c1ccc2c(c1)c1ccccc1n2-c1ccccc1-n1c2ccccc2c2ccc3c4ccccc4oc3c21)N(N)c1ccccc1)c1ccccc1. The Morgan fingerprint density at radius 1 is 0.446 bits per heavy atom. The van der Waals surface area contributed by atoms with Gasteiger partial charge in [-0.25, -0.2) is 5.84 Å². The molecule has 266 valence electrons. The predicted octanol–water partition coefficient (Wildman–Crippen LogP) is 11.9. The van der Waals surface area contributed by atoms with Gasteiger partial charge in [-0.15, -0.1) is 0 Å². The summed E-state index contributed by atoms with van der Waals surface area (Å²) in [5.74, 6) is 6.97. The van der Waals surface area contributed by atoms with Crippen LogP contribution < -0.4 is 16.6 Å². The van der Waals surface area contributed by atoms with E-state index in [0.717, 1.165) is 94.1 Å². The molecule has 11 rings (SSSR count).